The Hall–Kier alpha value is -1.86. The second-order valence-corrected chi connectivity index (χ2v) is 6.17. The highest BCUT2D eigenvalue weighted by molar-refractivity contribution is 7.89. The molecule has 2 N–H and O–H groups in total. The molecule has 1 atom stereocenters. The largest absolute Gasteiger partial charge is 0.497 e. The number of aromatic nitrogens is 2. The Bertz CT molecular complexity index is 681. The van der Waals surface area contributed by atoms with Crippen molar-refractivity contribution >= 4 is 10.0 Å². The average molecular weight is 295 g/mol. The van der Waals surface area contributed by atoms with Gasteiger partial charge in [0.15, 0.2) is 0 Å². The van der Waals surface area contributed by atoms with Gasteiger partial charge < -0.3 is 4.74 Å². The van der Waals surface area contributed by atoms with E-state index in [4.69, 9.17) is 4.74 Å². The van der Waals surface area contributed by atoms with Crippen LogP contribution < -0.4 is 9.46 Å². The summed E-state index contributed by atoms with van der Waals surface area (Å²) in [6.07, 6.45) is 1.58. The van der Waals surface area contributed by atoms with Crippen LogP contribution in [0.2, 0.25) is 0 Å². The van der Waals surface area contributed by atoms with Gasteiger partial charge in [0.2, 0.25) is 10.0 Å². The molecule has 0 aliphatic carbocycles. The van der Waals surface area contributed by atoms with Crippen LogP contribution in [0.1, 0.15) is 24.2 Å². The van der Waals surface area contributed by atoms with Crippen molar-refractivity contribution < 1.29 is 13.2 Å². The Labute approximate surface area is 118 Å². The Morgan fingerprint density at radius 1 is 1.35 bits per heavy atom. The normalized spacial score (nSPS) is 13.2. The third-order valence-corrected chi connectivity index (χ3v) is 4.69. The zero-order valence-corrected chi connectivity index (χ0v) is 12.4. The quantitative estimate of drug-likeness (QED) is 0.880. The number of aryl methyl sites for hydroxylation is 1. The molecule has 0 unspecified atom stereocenters. The van der Waals surface area contributed by atoms with Crippen LogP contribution in [0.4, 0.5) is 0 Å². The number of hydrogen-bond donors (Lipinski definition) is 2. The monoisotopic (exact) mass is 295 g/mol. The molecule has 20 heavy (non-hydrogen) atoms. The van der Waals surface area contributed by atoms with Crippen LogP contribution in [-0.2, 0) is 10.0 Å². The van der Waals surface area contributed by atoms with Crippen molar-refractivity contribution in [1.29, 1.82) is 0 Å². The lowest BCUT2D eigenvalue weighted by Gasteiger charge is -2.14. The first-order chi connectivity index (χ1) is 9.44. The predicted molar refractivity (Wildman–Crippen MR) is 75.1 cm³/mol. The molecule has 6 nitrogen and oxygen atoms in total. The molecule has 0 radical (unpaired) electrons. The number of hydrogen-bond acceptors (Lipinski definition) is 4. The van der Waals surface area contributed by atoms with Gasteiger partial charge >= 0.3 is 0 Å². The lowest BCUT2D eigenvalue weighted by Crippen LogP contribution is -2.27. The molecule has 0 bridgehead atoms. The van der Waals surface area contributed by atoms with Gasteiger partial charge in [0.1, 0.15) is 5.75 Å². The van der Waals surface area contributed by atoms with E-state index in [1.165, 1.54) is 6.07 Å². The summed E-state index contributed by atoms with van der Waals surface area (Å²) in [6.45, 7) is 3.49. The molecule has 7 heteroatoms. The summed E-state index contributed by atoms with van der Waals surface area (Å²) in [6, 6.07) is 6.20. The number of nitrogens with one attached hydrogen (secondary N) is 2. The van der Waals surface area contributed by atoms with Crippen molar-refractivity contribution in [2.75, 3.05) is 7.11 Å². The summed E-state index contributed by atoms with van der Waals surface area (Å²) >= 11 is 0. The second kappa shape index (κ2) is 5.64. The van der Waals surface area contributed by atoms with Gasteiger partial charge in [0.25, 0.3) is 0 Å². The van der Waals surface area contributed by atoms with Crippen molar-refractivity contribution in [3.8, 4) is 5.75 Å². The predicted octanol–water partition coefficient (Wildman–Crippen LogP) is 1.77. The number of sulfonamides is 1. The van der Waals surface area contributed by atoms with Crippen LogP contribution in [0.3, 0.4) is 0 Å². The van der Waals surface area contributed by atoms with Crippen molar-refractivity contribution in [3.63, 3.8) is 0 Å². The van der Waals surface area contributed by atoms with E-state index < -0.39 is 10.0 Å². The van der Waals surface area contributed by atoms with Gasteiger partial charge in [0, 0.05) is 6.20 Å². The first-order valence-electron chi connectivity index (χ1n) is 6.10. The standard InChI is InChI=1S/C13H17N3O3S/c1-9-8-11(19-3)4-5-13(9)20(17,18)16-10(2)12-6-7-14-15-12/h4-8,10,16H,1-3H3,(H,14,15)/t10-/m0/s1. The van der Waals surface area contributed by atoms with Crippen molar-refractivity contribution in [2.45, 2.75) is 24.8 Å². The van der Waals surface area contributed by atoms with Crippen molar-refractivity contribution in [2.24, 2.45) is 0 Å². The highest BCUT2D eigenvalue weighted by atomic mass is 32.2. The van der Waals surface area contributed by atoms with Crippen LogP contribution in [0.15, 0.2) is 35.4 Å². The zero-order chi connectivity index (χ0) is 14.8. The summed E-state index contributed by atoms with van der Waals surface area (Å²) in [7, 11) is -2.05. The fourth-order valence-corrected chi connectivity index (χ4v) is 3.37. The first-order valence-corrected chi connectivity index (χ1v) is 7.58. The summed E-state index contributed by atoms with van der Waals surface area (Å²) in [5, 5.41) is 6.56. The zero-order valence-electron chi connectivity index (χ0n) is 11.5. The van der Waals surface area contributed by atoms with Gasteiger partial charge in [-0.2, -0.15) is 5.10 Å². The van der Waals surface area contributed by atoms with E-state index in [1.807, 2.05) is 0 Å². The van der Waals surface area contributed by atoms with E-state index in [1.54, 1.807) is 45.4 Å². The van der Waals surface area contributed by atoms with E-state index in [2.05, 4.69) is 14.9 Å². The topological polar surface area (TPSA) is 84.1 Å². The van der Waals surface area contributed by atoms with Crippen molar-refractivity contribution in [3.05, 3.63) is 41.7 Å². The third-order valence-electron chi connectivity index (χ3n) is 2.99. The molecule has 0 amide bonds. The van der Waals surface area contributed by atoms with Gasteiger partial charge in [-0.05, 0) is 43.7 Å². The molecule has 0 aliphatic rings. The van der Waals surface area contributed by atoms with E-state index in [9.17, 15) is 8.42 Å². The molecule has 0 saturated carbocycles. The minimum absolute atomic E-state index is 0.240. The van der Waals surface area contributed by atoms with E-state index in [0.29, 0.717) is 17.0 Å². The van der Waals surface area contributed by atoms with Crippen LogP contribution in [0.25, 0.3) is 0 Å². The summed E-state index contributed by atoms with van der Waals surface area (Å²) in [5.41, 5.74) is 1.34. The molecular weight excluding hydrogens is 278 g/mol. The van der Waals surface area contributed by atoms with E-state index in [0.717, 1.165) is 0 Å². The third kappa shape index (κ3) is 3.00. The molecule has 0 spiro atoms. The minimum atomic E-state index is -3.59. The smallest absolute Gasteiger partial charge is 0.241 e. The number of H-pyrrole nitrogens is 1. The molecule has 0 aliphatic heterocycles. The van der Waals surface area contributed by atoms with Crippen LogP contribution >= 0.6 is 0 Å². The van der Waals surface area contributed by atoms with Gasteiger partial charge in [-0.15, -0.1) is 0 Å². The Morgan fingerprint density at radius 2 is 2.10 bits per heavy atom. The van der Waals surface area contributed by atoms with Gasteiger partial charge in [-0.25, -0.2) is 13.1 Å². The fraction of sp³-hybridized carbons (Fsp3) is 0.308. The Morgan fingerprint density at radius 3 is 2.65 bits per heavy atom. The number of methoxy groups -OCH3 is 1. The second-order valence-electron chi connectivity index (χ2n) is 4.49. The molecule has 1 aromatic heterocycles. The van der Waals surface area contributed by atoms with Crippen LogP contribution in [-0.4, -0.2) is 25.7 Å². The molecule has 1 aromatic carbocycles. The van der Waals surface area contributed by atoms with Crippen LogP contribution in [0, 0.1) is 6.92 Å². The number of aromatic amines is 1. The van der Waals surface area contributed by atoms with Gasteiger partial charge in [-0.1, -0.05) is 0 Å². The molecule has 2 aromatic rings. The maximum atomic E-state index is 12.4. The molecule has 1 heterocycles. The Balaban J connectivity index is 2.27. The maximum Gasteiger partial charge on any atom is 0.241 e. The van der Waals surface area contributed by atoms with Crippen molar-refractivity contribution in [1.82, 2.24) is 14.9 Å². The molecular formula is C13H17N3O3S. The molecule has 2 rings (SSSR count). The molecule has 0 saturated heterocycles. The summed E-state index contributed by atoms with van der Waals surface area (Å²) in [4.78, 5) is 0.240. The SMILES string of the molecule is COc1ccc(S(=O)(=O)N[C@@H](C)c2ccn[nH]2)c(C)c1. The summed E-state index contributed by atoms with van der Waals surface area (Å²) in [5.74, 6) is 0.628. The highest BCUT2D eigenvalue weighted by Gasteiger charge is 2.21. The highest BCUT2D eigenvalue weighted by Crippen LogP contribution is 2.22. The number of rotatable bonds is 5. The average Bonchev–Trinajstić information content (AvgIpc) is 2.91. The number of nitrogens with zero attached hydrogens (tertiary/aromatic N) is 1. The molecule has 108 valence electrons. The fourth-order valence-electron chi connectivity index (χ4n) is 1.92. The Kier molecular flexibility index (Phi) is 4.10. The minimum Gasteiger partial charge on any atom is -0.497 e. The van der Waals surface area contributed by atoms with E-state index >= 15 is 0 Å². The van der Waals surface area contributed by atoms with Gasteiger partial charge in [-0.3, -0.25) is 5.10 Å². The first kappa shape index (κ1) is 14.5. The van der Waals surface area contributed by atoms with Crippen LogP contribution in [0.5, 0.6) is 5.75 Å². The lowest BCUT2D eigenvalue weighted by atomic mass is 10.2. The molecule has 0 fully saturated rings. The maximum absolute atomic E-state index is 12.4. The van der Waals surface area contributed by atoms with E-state index in [-0.39, 0.29) is 10.9 Å². The number of benzene rings is 1. The lowest BCUT2D eigenvalue weighted by molar-refractivity contribution is 0.414. The number of ether oxygens (including phenoxy) is 1. The summed E-state index contributed by atoms with van der Waals surface area (Å²) < 4.78 is 32.4. The van der Waals surface area contributed by atoms with Gasteiger partial charge in [0.05, 0.1) is 23.7 Å².